The zero-order valence-corrected chi connectivity index (χ0v) is 12.9. The molecule has 6 nitrogen and oxygen atoms in total. The lowest BCUT2D eigenvalue weighted by Crippen LogP contribution is -2.46. The molecular formula is C13H22N4O2S. The molecule has 0 saturated heterocycles. The maximum atomic E-state index is 11.5. The van der Waals surface area contributed by atoms with Crippen molar-refractivity contribution in [3.63, 3.8) is 0 Å². The lowest BCUT2D eigenvalue weighted by Gasteiger charge is -2.17. The van der Waals surface area contributed by atoms with E-state index in [1.165, 1.54) is 17.8 Å². The maximum Gasteiger partial charge on any atom is 0.251 e. The Morgan fingerprint density at radius 3 is 2.80 bits per heavy atom. The Hall–Kier alpha value is -1.34. The van der Waals surface area contributed by atoms with Gasteiger partial charge in [0, 0.05) is 23.6 Å². The minimum Gasteiger partial charge on any atom is -0.368 e. The molecule has 7 heteroatoms. The number of carbonyl (C=O) groups is 1. The summed E-state index contributed by atoms with van der Waals surface area (Å²) in [6.45, 7) is 5.93. The number of aryl methyl sites for hydroxylation is 1. The second kappa shape index (κ2) is 8.06. The van der Waals surface area contributed by atoms with E-state index < -0.39 is 11.9 Å². The number of nitrogens with zero attached hydrogens (tertiary/aromatic N) is 1. The average Bonchev–Trinajstić information content (AvgIpc) is 2.33. The Balaban J connectivity index is 2.72. The molecule has 0 bridgehead atoms. The van der Waals surface area contributed by atoms with Gasteiger partial charge in [-0.2, -0.15) is 0 Å². The van der Waals surface area contributed by atoms with Crippen molar-refractivity contribution in [1.29, 1.82) is 0 Å². The number of H-pyrrole nitrogens is 1. The van der Waals surface area contributed by atoms with Crippen molar-refractivity contribution in [3.05, 3.63) is 22.1 Å². The summed E-state index contributed by atoms with van der Waals surface area (Å²) in [6.07, 6.45) is 1.69. The third-order valence-corrected chi connectivity index (χ3v) is 3.51. The predicted molar refractivity (Wildman–Crippen MR) is 80.8 cm³/mol. The maximum absolute atomic E-state index is 11.5. The summed E-state index contributed by atoms with van der Waals surface area (Å²) in [5.41, 5.74) is 5.95. The molecule has 1 amide bonds. The highest BCUT2D eigenvalue weighted by atomic mass is 32.2. The fraction of sp³-hybridized carbons (Fsp3) is 0.615. The molecule has 0 aliphatic rings. The van der Waals surface area contributed by atoms with Crippen LogP contribution in [0.2, 0.25) is 0 Å². The van der Waals surface area contributed by atoms with E-state index in [0.717, 1.165) is 18.5 Å². The molecule has 0 aliphatic carbocycles. The fourth-order valence-electron chi connectivity index (χ4n) is 1.71. The molecule has 1 aromatic heterocycles. The van der Waals surface area contributed by atoms with Gasteiger partial charge in [-0.3, -0.25) is 9.59 Å². The number of thioether (sulfide) groups is 1. The van der Waals surface area contributed by atoms with Crippen molar-refractivity contribution in [2.24, 2.45) is 5.73 Å². The van der Waals surface area contributed by atoms with Crippen molar-refractivity contribution in [1.82, 2.24) is 15.3 Å². The summed E-state index contributed by atoms with van der Waals surface area (Å²) < 4.78 is 0. The first-order valence-corrected chi connectivity index (χ1v) is 7.69. The van der Waals surface area contributed by atoms with E-state index in [1.807, 2.05) is 20.8 Å². The third-order valence-electron chi connectivity index (χ3n) is 2.54. The summed E-state index contributed by atoms with van der Waals surface area (Å²) in [5.74, 6) is 0.0322. The Morgan fingerprint density at radius 1 is 1.55 bits per heavy atom. The monoisotopic (exact) mass is 298 g/mol. The average molecular weight is 298 g/mol. The normalized spacial score (nSPS) is 12.6. The molecule has 4 N–H and O–H groups in total. The first-order valence-electron chi connectivity index (χ1n) is 6.70. The second-order valence-electron chi connectivity index (χ2n) is 4.88. The molecule has 1 aromatic rings. The number of primary amides is 1. The molecule has 112 valence electrons. The molecule has 1 rings (SSSR count). The highest BCUT2D eigenvalue weighted by Crippen LogP contribution is 2.13. The van der Waals surface area contributed by atoms with Crippen LogP contribution in [-0.4, -0.2) is 33.7 Å². The van der Waals surface area contributed by atoms with Gasteiger partial charge in [0.05, 0.1) is 6.04 Å². The number of nitrogens with one attached hydrogen (secondary N) is 2. The van der Waals surface area contributed by atoms with Crippen LogP contribution < -0.4 is 16.6 Å². The summed E-state index contributed by atoms with van der Waals surface area (Å²) in [4.78, 5) is 29.9. The van der Waals surface area contributed by atoms with Crippen molar-refractivity contribution in [3.8, 4) is 0 Å². The van der Waals surface area contributed by atoms with Crippen LogP contribution in [0.5, 0.6) is 0 Å². The summed E-state index contributed by atoms with van der Waals surface area (Å²) >= 11 is 1.32. The van der Waals surface area contributed by atoms with Crippen LogP contribution in [-0.2, 0) is 11.2 Å². The van der Waals surface area contributed by atoms with Crippen LogP contribution in [0.25, 0.3) is 0 Å². The van der Waals surface area contributed by atoms with Gasteiger partial charge in [0.1, 0.15) is 0 Å². The topological polar surface area (TPSA) is 101 Å². The Kier molecular flexibility index (Phi) is 6.74. The van der Waals surface area contributed by atoms with Crippen LogP contribution in [0.3, 0.4) is 0 Å². The van der Waals surface area contributed by atoms with Crippen molar-refractivity contribution in [2.75, 3.05) is 5.75 Å². The highest BCUT2D eigenvalue weighted by molar-refractivity contribution is 7.99. The zero-order valence-electron chi connectivity index (χ0n) is 12.1. The smallest absolute Gasteiger partial charge is 0.251 e. The molecule has 1 heterocycles. The number of hydrogen-bond acceptors (Lipinski definition) is 5. The summed E-state index contributed by atoms with van der Waals surface area (Å²) in [7, 11) is 0. The summed E-state index contributed by atoms with van der Waals surface area (Å²) in [6, 6.07) is 1.22. The number of aromatic nitrogens is 2. The molecule has 0 saturated carbocycles. The first-order chi connectivity index (χ1) is 9.42. The fourth-order valence-corrected chi connectivity index (χ4v) is 2.65. The molecule has 1 unspecified atom stereocenters. The van der Waals surface area contributed by atoms with E-state index in [9.17, 15) is 9.59 Å². The SMILES string of the molecule is CCCc1cc(=O)[nH]c(SCC(NC(C)C)C(N)=O)n1. The van der Waals surface area contributed by atoms with Gasteiger partial charge >= 0.3 is 0 Å². The van der Waals surface area contributed by atoms with E-state index in [-0.39, 0.29) is 11.6 Å². The first kappa shape index (κ1) is 16.7. The largest absolute Gasteiger partial charge is 0.368 e. The van der Waals surface area contributed by atoms with E-state index in [2.05, 4.69) is 15.3 Å². The standard InChI is InChI=1S/C13H22N4O2S/c1-4-5-9-6-11(18)17-13(16-9)20-7-10(12(14)19)15-8(2)3/h6,8,10,15H,4-5,7H2,1-3H3,(H2,14,19)(H,16,17,18). The molecule has 0 fully saturated rings. The van der Waals surface area contributed by atoms with Gasteiger partial charge in [-0.25, -0.2) is 4.98 Å². The number of rotatable bonds is 8. The van der Waals surface area contributed by atoms with Crippen molar-refractivity contribution >= 4 is 17.7 Å². The quantitative estimate of drug-likeness (QED) is 0.483. The van der Waals surface area contributed by atoms with Crippen LogP contribution in [0.4, 0.5) is 0 Å². The van der Waals surface area contributed by atoms with Gasteiger partial charge in [-0.15, -0.1) is 0 Å². The minimum absolute atomic E-state index is 0.159. The van der Waals surface area contributed by atoms with Crippen LogP contribution >= 0.6 is 11.8 Å². The number of amides is 1. The number of hydrogen-bond donors (Lipinski definition) is 3. The van der Waals surface area contributed by atoms with Crippen LogP contribution in [0.1, 0.15) is 32.9 Å². The third kappa shape index (κ3) is 5.75. The van der Waals surface area contributed by atoms with Gasteiger partial charge in [0.15, 0.2) is 5.16 Å². The number of carbonyl (C=O) groups excluding carboxylic acids is 1. The van der Waals surface area contributed by atoms with E-state index >= 15 is 0 Å². The van der Waals surface area contributed by atoms with Crippen molar-refractivity contribution < 1.29 is 4.79 Å². The van der Waals surface area contributed by atoms with Gasteiger partial charge in [-0.05, 0) is 6.42 Å². The molecule has 0 aliphatic heterocycles. The highest BCUT2D eigenvalue weighted by Gasteiger charge is 2.17. The van der Waals surface area contributed by atoms with E-state index in [1.54, 1.807) is 0 Å². The molecule has 20 heavy (non-hydrogen) atoms. The Labute approximate surface area is 122 Å². The Bertz CT molecular complexity index is 501. The van der Waals surface area contributed by atoms with E-state index in [4.69, 9.17) is 5.73 Å². The summed E-state index contributed by atoms with van der Waals surface area (Å²) in [5, 5.41) is 3.61. The molecule has 1 atom stereocenters. The Morgan fingerprint density at radius 2 is 2.25 bits per heavy atom. The van der Waals surface area contributed by atoms with Gasteiger partial charge in [0.25, 0.3) is 5.56 Å². The molecule has 0 spiro atoms. The van der Waals surface area contributed by atoms with E-state index in [0.29, 0.717) is 10.9 Å². The molecular weight excluding hydrogens is 276 g/mol. The van der Waals surface area contributed by atoms with Gasteiger partial charge < -0.3 is 16.0 Å². The number of aromatic amines is 1. The predicted octanol–water partition coefficient (Wildman–Crippen LogP) is 0.666. The van der Waals surface area contributed by atoms with Crippen molar-refractivity contribution in [2.45, 2.75) is 50.9 Å². The lowest BCUT2D eigenvalue weighted by molar-refractivity contribution is -0.119. The molecule has 0 radical (unpaired) electrons. The van der Waals surface area contributed by atoms with Gasteiger partial charge in [-0.1, -0.05) is 39.0 Å². The molecule has 0 aromatic carbocycles. The van der Waals surface area contributed by atoms with Gasteiger partial charge in [0.2, 0.25) is 5.91 Å². The zero-order chi connectivity index (χ0) is 15.1. The number of nitrogens with two attached hydrogens (primary N) is 1. The van der Waals surface area contributed by atoms with Crippen LogP contribution in [0, 0.1) is 0 Å². The second-order valence-corrected chi connectivity index (χ2v) is 5.89. The van der Waals surface area contributed by atoms with Crippen LogP contribution in [0.15, 0.2) is 16.0 Å². The lowest BCUT2D eigenvalue weighted by atomic mass is 10.2. The minimum atomic E-state index is -0.444.